The maximum Gasteiger partial charge on any atom is 0.272 e. The van der Waals surface area contributed by atoms with E-state index in [4.69, 9.17) is 4.98 Å². The van der Waals surface area contributed by atoms with Crippen LogP contribution < -0.4 is 10.5 Å². The lowest BCUT2D eigenvalue weighted by atomic mass is 10.0. The number of nitrogens with zero attached hydrogens (tertiary/aromatic N) is 4. The van der Waals surface area contributed by atoms with Crippen LogP contribution in [0.3, 0.4) is 0 Å². The minimum Gasteiger partial charge on any atom is -0.342 e. The van der Waals surface area contributed by atoms with E-state index in [9.17, 15) is 9.59 Å². The van der Waals surface area contributed by atoms with Gasteiger partial charge in [0.15, 0.2) is 0 Å². The van der Waals surface area contributed by atoms with Crippen LogP contribution in [-0.4, -0.2) is 45.4 Å². The minimum atomic E-state index is -0.146. The Morgan fingerprint density at radius 2 is 2.03 bits per heavy atom. The van der Waals surface area contributed by atoms with E-state index in [1.807, 2.05) is 37.3 Å². The molecule has 4 heterocycles. The quantitative estimate of drug-likeness (QED) is 0.693. The molecule has 31 heavy (non-hydrogen) atoms. The van der Waals surface area contributed by atoms with Crippen LogP contribution in [0.25, 0.3) is 10.9 Å². The Balaban J connectivity index is 1.41. The molecule has 0 spiro atoms. The number of nitrogens with one attached hydrogen (secondary N) is 1. The molecule has 1 unspecified atom stereocenters. The number of aryl methyl sites for hydroxylation is 1. The molecule has 1 atom stereocenters. The zero-order chi connectivity index (χ0) is 21.5. The van der Waals surface area contributed by atoms with E-state index in [1.54, 1.807) is 4.90 Å². The predicted octanol–water partition coefficient (Wildman–Crippen LogP) is 3.06. The molecular formula is C24H27N5O2. The third kappa shape index (κ3) is 3.69. The first-order chi connectivity index (χ1) is 15.0. The average molecular weight is 418 g/mol. The normalized spacial score (nSPS) is 18.8. The lowest BCUT2D eigenvalue weighted by Gasteiger charge is -2.33. The Morgan fingerprint density at radius 3 is 2.87 bits per heavy atom. The molecule has 0 radical (unpaired) electrons. The number of carbonyl (C=O) groups excluding carboxylic acids is 1. The lowest BCUT2D eigenvalue weighted by molar-refractivity contribution is 0.0727. The summed E-state index contributed by atoms with van der Waals surface area (Å²) in [5, 5.41) is 1.04. The second kappa shape index (κ2) is 7.80. The summed E-state index contributed by atoms with van der Waals surface area (Å²) in [5.41, 5.74) is 3.50. The molecule has 5 rings (SSSR count). The van der Waals surface area contributed by atoms with Gasteiger partial charge in [-0.2, -0.15) is 0 Å². The summed E-state index contributed by atoms with van der Waals surface area (Å²) in [5.74, 6) is 1.12. The smallest absolute Gasteiger partial charge is 0.272 e. The number of H-pyrrole nitrogens is 1. The summed E-state index contributed by atoms with van der Waals surface area (Å²) < 4.78 is 0. The molecule has 2 aliphatic rings. The number of aromatic nitrogens is 3. The zero-order valence-corrected chi connectivity index (χ0v) is 18.0. The van der Waals surface area contributed by atoms with Crippen molar-refractivity contribution < 1.29 is 4.79 Å². The number of hydrogen-bond donors (Lipinski definition) is 1. The van der Waals surface area contributed by atoms with Gasteiger partial charge in [0.05, 0.1) is 23.3 Å². The SMILES string of the molecule is Cc1cc(C(=O)N2CCc3nc(N4CCCC(C)C4)[nH]c(=O)c3C2)nc2ccccc12. The summed E-state index contributed by atoms with van der Waals surface area (Å²) in [7, 11) is 0. The van der Waals surface area contributed by atoms with Crippen LogP contribution in [0.15, 0.2) is 35.1 Å². The molecule has 0 aliphatic carbocycles. The topological polar surface area (TPSA) is 82.2 Å². The minimum absolute atomic E-state index is 0.140. The van der Waals surface area contributed by atoms with Crippen LogP contribution in [0.1, 0.15) is 47.1 Å². The van der Waals surface area contributed by atoms with Gasteiger partial charge in [-0.3, -0.25) is 14.6 Å². The fourth-order valence-electron chi connectivity index (χ4n) is 4.74. The Hall–Kier alpha value is -3.22. The maximum absolute atomic E-state index is 13.2. The number of para-hydroxylation sites is 1. The van der Waals surface area contributed by atoms with Crippen molar-refractivity contribution >= 4 is 22.8 Å². The summed E-state index contributed by atoms with van der Waals surface area (Å²) in [6.07, 6.45) is 2.90. The van der Waals surface area contributed by atoms with Gasteiger partial charge in [-0.1, -0.05) is 25.1 Å². The highest BCUT2D eigenvalue weighted by Gasteiger charge is 2.28. The van der Waals surface area contributed by atoms with E-state index in [0.29, 0.717) is 36.1 Å². The van der Waals surface area contributed by atoms with Crippen LogP contribution >= 0.6 is 0 Å². The fourth-order valence-corrected chi connectivity index (χ4v) is 4.74. The van der Waals surface area contributed by atoms with E-state index >= 15 is 0 Å². The first-order valence-corrected chi connectivity index (χ1v) is 11.0. The second-order valence-corrected chi connectivity index (χ2v) is 8.83. The Morgan fingerprint density at radius 1 is 1.19 bits per heavy atom. The number of benzene rings is 1. The van der Waals surface area contributed by atoms with Gasteiger partial charge in [-0.25, -0.2) is 9.97 Å². The summed E-state index contributed by atoms with van der Waals surface area (Å²) in [6.45, 7) is 6.86. The molecule has 2 aromatic heterocycles. The summed E-state index contributed by atoms with van der Waals surface area (Å²) in [6, 6.07) is 9.66. The number of amides is 1. The largest absolute Gasteiger partial charge is 0.342 e. The molecule has 1 amide bonds. The molecule has 1 N–H and O–H groups in total. The molecule has 7 nitrogen and oxygen atoms in total. The molecule has 2 aliphatic heterocycles. The van der Waals surface area contributed by atoms with Crippen molar-refractivity contribution in [2.24, 2.45) is 5.92 Å². The standard InChI is InChI=1S/C24H27N5O2/c1-15-6-5-10-29(13-15)24-26-20-9-11-28(14-18(20)22(30)27-24)23(31)21-12-16(2)17-7-3-4-8-19(17)25-21/h3-4,7-8,12,15H,5-6,9-11,13-14H2,1-2H3,(H,26,27,30). The number of hydrogen-bond acceptors (Lipinski definition) is 5. The average Bonchev–Trinajstić information content (AvgIpc) is 2.78. The van der Waals surface area contributed by atoms with E-state index in [1.165, 1.54) is 6.42 Å². The third-order valence-corrected chi connectivity index (χ3v) is 6.44. The summed E-state index contributed by atoms with van der Waals surface area (Å²) in [4.78, 5) is 42.2. The molecule has 0 saturated carbocycles. The van der Waals surface area contributed by atoms with Crippen molar-refractivity contribution in [1.29, 1.82) is 0 Å². The van der Waals surface area contributed by atoms with Crippen molar-refractivity contribution in [3.63, 3.8) is 0 Å². The Kier molecular flexibility index (Phi) is 4.96. The maximum atomic E-state index is 13.2. The van der Waals surface area contributed by atoms with Gasteiger partial charge < -0.3 is 9.80 Å². The van der Waals surface area contributed by atoms with Crippen molar-refractivity contribution in [3.05, 3.63) is 63.2 Å². The predicted molar refractivity (Wildman–Crippen MR) is 120 cm³/mol. The highest BCUT2D eigenvalue weighted by Crippen LogP contribution is 2.23. The van der Waals surface area contributed by atoms with Crippen LogP contribution in [-0.2, 0) is 13.0 Å². The number of carbonyl (C=O) groups is 1. The molecule has 0 bridgehead atoms. The lowest BCUT2D eigenvalue weighted by Crippen LogP contribution is -2.42. The van der Waals surface area contributed by atoms with Gasteiger partial charge in [-0.15, -0.1) is 0 Å². The van der Waals surface area contributed by atoms with Crippen LogP contribution in [0.2, 0.25) is 0 Å². The van der Waals surface area contributed by atoms with Crippen LogP contribution in [0.4, 0.5) is 5.95 Å². The van der Waals surface area contributed by atoms with Crippen molar-refractivity contribution in [3.8, 4) is 0 Å². The highest BCUT2D eigenvalue weighted by molar-refractivity contribution is 5.96. The van der Waals surface area contributed by atoms with Crippen LogP contribution in [0.5, 0.6) is 0 Å². The van der Waals surface area contributed by atoms with Crippen molar-refractivity contribution in [1.82, 2.24) is 19.9 Å². The molecule has 1 aromatic carbocycles. The number of fused-ring (bicyclic) bond motifs is 2. The first-order valence-electron chi connectivity index (χ1n) is 11.0. The number of aromatic amines is 1. The molecular weight excluding hydrogens is 390 g/mol. The third-order valence-electron chi connectivity index (χ3n) is 6.44. The van der Waals surface area contributed by atoms with E-state index in [2.05, 4.69) is 21.8 Å². The highest BCUT2D eigenvalue weighted by atomic mass is 16.2. The Labute approximate surface area is 181 Å². The number of pyridine rings is 1. The van der Waals surface area contributed by atoms with E-state index in [0.717, 1.165) is 41.7 Å². The Bertz CT molecular complexity index is 1220. The van der Waals surface area contributed by atoms with Gasteiger partial charge in [0.25, 0.3) is 11.5 Å². The number of anilines is 1. The van der Waals surface area contributed by atoms with E-state index < -0.39 is 0 Å². The summed E-state index contributed by atoms with van der Waals surface area (Å²) >= 11 is 0. The van der Waals surface area contributed by atoms with Crippen molar-refractivity contribution in [2.45, 2.75) is 39.7 Å². The molecule has 160 valence electrons. The van der Waals surface area contributed by atoms with Gasteiger partial charge in [0, 0.05) is 31.4 Å². The van der Waals surface area contributed by atoms with Crippen LogP contribution in [0, 0.1) is 12.8 Å². The fraction of sp³-hybridized carbons (Fsp3) is 0.417. The molecule has 7 heteroatoms. The molecule has 3 aromatic rings. The van der Waals surface area contributed by atoms with E-state index in [-0.39, 0.29) is 18.0 Å². The van der Waals surface area contributed by atoms with Gasteiger partial charge in [0.2, 0.25) is 5.95 Å². The molecule has 1 fully saturated rings. The van der Waals surface area contributed by atoms with Gasteiger partial charge in [-0.05, 0) is 43.4 Å². The molecule has 1 saturated heterocycles. The van der Waals surface area contributed by atoms with Gasteiger partial charge in [0.1, 0.15) is 5.69 Å². The monoisotopic (exact) mass is 417 g/mol. The zero-order valence-electron chi connectivity index (χ0n) is 18.0. The first kappa shape index (κ1) is 19.7. The number of rotatable bonds is 2. The second-order valence-electron chi connectivity index (χ2n) is 8.83. The van der Waals surface area contributed by atoms with Gasteiger partial charge >= 0.3 is 0 Å². The van der Waals surface area contributed by atoms with Crippen molar-refractivity contribution in [2.75, 3.05) is 24.5 Å². The number of piperidine rings is 1.